The number of benzene rings is 1. The van der Waals surface area contributed by atoms with Gasteiger partial charge in [-0.1, -0.05) is 0 Å². The molecule has 2 heterocycles. The Bertz CT molecular complexity index is 1070. The SMILES string of the molecule is CN(C)c1ccc(NC(=O)CCn2cnc3sc4c(c3c2=O)CCCC4)cc1. The van der Waals surface area contributed by atoms with Crippen molar-refractivity contribution >= 4 is 38.8 Å². The Morgan fingerprint density at radius 3 is 2.71 bits per heavy atom. The van der Waals surface area contributed by atoms with Crippen LogP contribution in [0.2, 0.25) is 0 Å². The smallest absolute Gasteiger partial charge is 0.262 e. The van der Waals surface area contributed by atoms with Crippen LogP contribution >= 0.6 is 11.3 Å². The largest absolute Gasteiger partial charge is 0.378 e. The molecule has 3 aromatic rings. The van der Waals surface area contributed by atoms with Crippen molar-refractivity contribution in [1.29, 1.82) is 0 Å². The quantitative estimate of drug-likeness (QED) is 0.717. The summed E-state index contributed by atoms with van der Waals surface area (Å²) in [5, 5.41) is 3.65. The van der Waals surface area contributed by atoms with Gasteiger partial charge in [0.15, 0.2) is 0 Å². The molecule has 1 N–H and O–H groups in total. The van der Waals surface area contributed by atoms with E-state index in [0.29, 0.717) is 6.54 Å². The monoisotopic (exact) mass is 396 g/mol. The zero-order valence-electron chi connectivity index (χ0n) is 16.2. The number of aromatic nitrogens is 2. The highest BCUT2D eigenvalue weighted by molar-refractivity contribution is 7.18. The number of carbonyl (C=O) groups is 1. The lowest BCUT2D eigenvalue weighted by molar-refractivity contribution is -0.116. The standard InChI is InChI=1S/C21H24N4O2S/c1-24(2)15-9-7-14(8-10-15)23-18(26)11-12-25-13-22-20-19(21(25)27)16-5-3-4-6-17(16)28-20/h7-10,13H,3-6,11-12H2,1-2H3,(H,23,26). The third kappa shape index (κ3) is 3.67. The van der Waals surface area contributed by atoms with Crippen LogP contribution < -0.4 is 15.8 Å². The molecule has 1 aliphatic rings. The molecule has 28 heavy (non-hydrogen) atoms. The van der Waals surface area contributed by atoms with Crippen molar-refractivity contribution in [3.8, 4) is 0 Å². The highest BCUT2D eigenvalue weighted by Crippen LogP contribution is 2.33. The van der Waals surface area contributed by atoms with Gasteiger partial charge in [0.1, 0.15) is 4.83 Å². The number of hydrogen-bond donors (Lipinski definition) is 1. The Kier molecular flexibility index (Phi) is 5.17. The highest BCUT2D eigenvalue weighted by Gasteiger charge is 2.20. The predicted octanol–water partition coefficient (Wildman–Crippen LogP) is 3.43. The van der Waals surface area contributed by atoms with Crippen molar-refractivity contribution in [3.63, 3.8) is 0 Å². The fourth-order valence-electron chi connectivity index (χ4n) is 3.63. The number of thiophene rings is 1. The number of rotatable bonds is 5. The summed E-state index contributed by atoms with van der Waals surface area (Å²) < 4.78 is 1.57. The number of anilines is 2. The Hall–Kier alpha value is -2.67. The molecule has 4 rings (SSSR count). The van der Waals surface area contributed by atoms with Crippen LogP contribution in [0.25, 0.3) is 10.2 Å². The van der Waals surface area contributed by atoms with Crippen LogP contribution in [-0.4, -0.2) is 29.6 Å². The Labute approximate surface area is 167 Å². The van der Waals surface area contributed by atoms with E-state index in [1.165, 1.54) is 16.9 Å². The molecule has 0 atom stereocenters. The van der Waals surface area contributed by atoms with E-state index < -0.39 is 0 Å². The third-order valence-electron chi connectivity index (χ3n) is 5.19. The summed E-state index contributed by atoms with van der Waals surface area (Å²) in [5.41, 5.74) is 2.99. The van der Waals surface area contributed by atoms with Crippen LogP contribution in [0, 0.1) is 0 Å². The van der Waals surface area contributed by atoms with Gasteiger partial charge in [-0.15, -0.1) is 11.3 Å². The maximum absolute atomic E-state index is 12.9. The van der Waals surface area contributed by atoms with Gasteiger partial charge < -0.3 is 10.2 Å². The first-order valence-electron chi connectivity index (χ1n) is 9.60. The molecular formula is C21H24N4O2S. The summed E-state index contributed by atoms with van der Waals surface area (Å²) >= 11 is 1.64. The average molecular weight is 397 g/mol. The minimum atomic E-state index is -0.114. The number of nitrogens with zero attached hydrogens (tertiary/aromatic N) is 3. The Morgan fingerprint density at radius 2 is 1.96 bits per heavy atom. The van der Waals surface area contributed by atoms with Gasteiger partial charge in [0.25, 0.3) is 5.56 Å². The summed E-state index contributed by atoms with van der Waals surface area (Å²) in [6, 6.07) is 7.67. The van der Waals surface area contributed by atoms with Gasteiger partial charge in [0.05, 0.1) is 11.7 Å². The molecule has 0 radical (unpaired) electrons. The van der Waals surface area contributed by atoms with Crippen LogP contribution in [0.1, 0.15) is 29.7 Å². The summed E-state index contributed by atoms with van der Waals surface area (Å²) in [6.45, 7) is 0.327. The zero-order chi connectivity index (χ0) is 19.7. The van der Waals surface area contributed by atoms with Gasteiger partial charge in [0, 0.05) is 43.3 Å². The maximum Gasteiger partial charge on any atom is 0.262 e. The predicted molar refractivity (Wildman–Crippen MR) is 115 cm³/mol. The van der Waals surface area contributed by atoms with Gasteiger partial charge in [-0.2, -0.15) is 0 Å². The van der Waals surface area contributed by atoms with Crippen LogP contribution in [0.3, 0.4) is 0 Å². The van der Waals surface area contributed by atoms with Crippen molar-refractivity contribution in [3.05, 3.63) is 51.4 Å². The molecule has 1 aliphatic carbocycles. The first-order valence-corrected chi connectivity index (χ1v) is 10.4. The normalized spacial score (nSPS) is 13.4. The number of fused-ring (bicyclic) bond motifs is 3. The Balaban J connectivity index is 1.45. The molecular weight excluding hydrogens is 372 g/mol. The lowest BCUT2D eigenvalue weighted by atomic mass is 9.97. The molecule has 146 valence electrons. The van der Waals surface area contributed by atoms with Gasteiger partial charge in [-0.25, -0.2) is 4.98 Å². The lowest BCUT2D eigenvalue weighted by Crippen LogP contribution is -2.24. The van der Waals surface area contributed by atoms with E-state index in [9.17, 15) is 9.59 Å². The van der Waals surface area contributed by atoms with Crippen molar-refractivity contribution in [2.24, 2.45) is 0 Å². The van der Waals surface area contributed by atoms with Crippen LogP contribution in [0.15, 0.2) is 35.4 Å². The van der Waals surface area contributed by atoms with Gasteiger partial charge in [-0.3, -0.25) is 14.2 Å². The second-order valence-electron chi connectivity index (χ2n) is 7.37. The summed E-state index contributed by atoms with van der Waals surface area (Å²) in [7, 11) is 3.95. The fourth-order valence-corrected chi connectivity index (χ4v) is 4.85. The zero-order valence-corrected chi connectivity index (χ0v) is 17.0. The second kappa shape index (κ2) is 7.75. The minimum absolute atomic E-state index is 0.0208. The van der Waals surface area contributed by atoms with Crippen LogP contribution in [-0.2, 0) is 24.2 Å². The van der Waals surface area contributed by atoms with E-state index in [2.05, 4.69) is 10.3 Å². The van der Waals surface area contributed by atoms with E-state index in [1.54, 1.807) is 22.2 Å². The van der Waals surface area contributed by atoms with Gasteiger partial charge >= 0.3 is 0 Å². The summed E-state index contributed by atoms with van der Waals surface area (Å²) in [4.78, 5) is 33.9. The number of aryl methyl sites for hydroxylation is 3. The van der Waals surface area contributed by atoms with E-state index >= 15 is 0 Å². The molecule has 0 bridgehead atoms. The van der Waals surface area contributed by atoms with Crippen molar-refractivity contribution in [1.82, 2.24) is 9.55 Å². The lowest BCUT2D eigenvalue weighted by Gasteiger charge is -2.13. The molecule has 0 saturated heterocycles. The van der Waals surface area contributed by atoms with E-state index in [1.807, 2.05) is 43.3 Å². The first-order chi connectivity index (χ1) is 13.5. The fraction of sp³-hybridized carbons (Fsp3) is 0.381. The van der Waals surface area contributed by atoms with E-state index in [0.717, 1.165) is 40.9 Å². The first kappa shape index (κ1) is 18.7. The van der Waals surface area contributed by atoms with Gasteiger partial charge in [-0.05, 0) is 55.5 Å². The number of carbonyl (C=O) groups excluding carboxylic acids is 1. The van der Waals surface area contributed by atoms with Crippen LogP contribution in [0.4, 0.5) is 11.4 Å². The number of nitrogens with one attached hydrogen (secondary N) is 1. The Morgan fingerprint density at radius 1 is 1.21 bits per heavy atom. The second-order valence-corrected chi connectivity index (χ2v) is 8.46. The van der Waals surface area contributed by atoms with Crippen LogP contribution in [0.5, 0.6) is 0 Å². The molecule has 6 nitrogen and oxygen atoms in total. The molecule has 0 saturated carbocycles. The van der Waals surface area contributed by atoms with Gasteiger partial charge in [0.2, 0.25) is 5.91 Å². The topological polar surface area (TPSA) is 67.2 Å². The molecule has 0 spiro atoms. The molecule has 2 aromatic heterocycles. The van der Waals surface area contributed by atoms with E-state index in [4.69, 9.17) is 0 Å². The molecule has 0 fully saturated rings. The summed E-state index contributed by atoms with van der Waals surface area (Å²) in [5.74, 6) is -0.114. The minimum Gasteiger partial charge on any atom is -0.378 e. The molecule has 1 aromatic carbocycles. The maximum atomic E-state index is 12.9. The molecule has 0 aliphatic heterocycles. The van der Waals surface area contributed by atoms with Crippen molar-refractivity contribution in [2.75, 3.05) is 24.3 Å². The average Bonchev–Trinajstić information content (AvgIpc) is 3.07. The van der Waals surface area contributed by atoms with E-state index in [-0.39, 0.29) is 17.9 Å². The molecule has 7 heteroatoms. The molecule has 1 amide bonds. The highest BCUT2D eigenvalue weighted by atomic mass is 32.1. The third-order valence-corrected chi connectivity index (χ3v) is 6.39. The number of amides is 1. The van der Waals surface area contributed by atoms with Crippen molar-refractivity contribution < 1.29 is 4.79 Å². The molecule has 0 unspecified atom stereocenters. The number of hydrogen-bond acceptors (Lipinski definition) is 5. The van der Waals surface area contributed by atoms with Crippen molar-refractivity contribution in [2.45, 2.75) is 38.6 Å². The summed E-state index contributed by atoms with van der Waals surface area (Å²) in [6.07, 6.45) is 6.12.